The molecule has 5 rings (SSSR count). The minimum absolute atomic E-state index is 0. The molecule has 0 unspecified atom stereocenters. The van der Waals surface area contributed by atoms with E-state index in [0.717, 1.165) is 0 Å². The van der Waals surface area contributed by atoms with E-state index in [1.54, 1.807) is 0 Å². The summed E-state index contributed by atoms with van der Waals surface area (Å²) in [5.41, 5.74) is 0. The molecule has 116 valence electrons. The normalized spacial score (nSPS) is 9.60. The number of hydrogen-bond acceptors (Lipinski definition) is 0. The largest absolute Gasteiger partial charge is 3.00 e. The average molecular weight is 354 g/mol. The van der Waals surface area contributed by atoms with Gasteiger partial charge in [0.15, 0.2) is 0 Å². The van der Waals surface area contributed by atoms with Crippen LogP contribution in [0, 0.1) is 0 Å². The van der Waals surface area contributed by atoms with Gasteiger partial charge in [-0.2, -0.15) is 0 Å². The van der Waals surface area contributed by atoms with Crippen LogP contribution in [-0.4, -0.2) is 34.7 Å². The molecular formula is C20H12Al2O3. The molecule has 0 bridgehead atoms. The predicted octanol–water partition coefficient (Wildman–Crippen LogP) is 4.62. The molecule has 0 N–H and O–H groups in total. The predicted molar refractivity (Wildman–Crippen MR) is 101 cm³/mol. The third-order valence-corrected chi connectivity index (χ3v) is 4.39. The molecule has 3 nitrogen and oxygen atoms in total. The molecule has 0 aliphatic rings. The van der Waals surface area contributed by atoms with E-state index in [-0.39, 0.29) is 51.2 Å². The second-order valence-electron chi connectivity index (χ2n) is 5.42. The quantitative estimate of drug-likeness (QED) is 0.221. The molecule has 0 atom stereocenters. The monoisotopic (exact) mass is 354 g/mol. The fourth-order valence-electron chi connectivity index (χ4n) is 3.58. The Labute approximate surface area is 166 Å². The molecule has 0 aliphatic heterocycles. The molecule has 25 heavy (non-hydrogen) atoms. The van der Waals surface area contributed by atoms with Gasteiger partial charge in [0.05, 0.1) is 0 Å². The third kappa shape index (κ3) is 3.13. The summed E-state index contributed by atoms with van der Waals surface area (Å²) in [6, 6.07) is 26.4. The molecule has 5 heteroatoms. The first-order valence-electron chi connectivity index (χ1n) is 6.98. The van der Waals surface area contributed by atoms with E-state index < -0.39 is 0 Å². The van der Waals surface area contributed by atoms with Crippen molar-refractivity contribution in [3.05, 3.63) is 72.8 Å². The standard InChI is InChI=1S/C20H12.2Al.3O/c1-5-13-6-2-11-17-18-12-4-8-14-7-3-10-16(20(14)18)15(9-1)19(13)17;;;;;/h1-12H;;;;;/q;2*+3;3*-2. The van der Waals surface area contributed by atoms with E-state index in [0.29, 0.717) is 0 Å². The summed E-state index contributed by atoms with van der Waals surface area (Å²) >= 11 is 0. The molecule has 0 radical (unpaired) electrons. The second-order valence-corrected chi connectivity index (χ2v) is 5.42. The van der Waals surface area contributed by atoms with E-state index in [1.807, 2.05) is 0 Å². The van der Waals surface area contributed by atoms with Crippen LogP contribution in [0.15, 0.2) is 72.8 Å². The molecule has 0 saturated carbocycles. The van der Waals surface area contributed by atoms with Gasteiger partial charge < -0.3 is 16.4 Å². The minimum Gasteiger partial charge on any atom is -2.00 e. The van der Waals surface area contributed by atoms with Crippen LogP contribution in [0.2, 0.25) is 0 Å². The Morgan fingerprint density at radius 3 is 0.840 bits per heavy atom. The van der Waals surface area contributed by atoms with Crippen molar-refractivity contribution in [1.82, 2.24) is 0 Å². The SMILES string of the molecule is [Al+3].[Al+3].[O-2].[O-2].[O-2].c1cc2cccc3c4cccc5cccc(c(c1)c23)c54. The van der Waals surface area contributed by atoms with Crippen molar-refractivity contribution >= 4 is 77.8 Å². The fraction of sp³-hybridized carbons (Fsp3) is 0. The summed E-state index contributed by atoms with van der Waals surface area (Å²) in [6.45, 7) is 0. The molecule has 0 aliphatic carbocycles. The van der Waals surface area contributed by atoms with Crippen LogP contribution in [-0.2, 0) is 16.4 Å². The van der Waals surface area contributed by atoms with Gasteiger partial charge in [-0.05, 0) is 43.1 Å². The zero-order valence-corrected chi connectivity index (χ0v) is 15.6. The summed E-state index contributed by atoms with van der Waals surface area (Å²) in [5, 5.41) is 10.9. The van der Waals surface area contributed by atoms with Crippen molar-refractivity contribution in [2.45, 2.75) is 0 Å². The van der Waals surface area contributed by atoms with Crippen molar-refractivity contribution in [2.75, 3.05) is 0 Å². The Morgan fingerprint density at radius 2 is 0.600 bits per heavy atom. The smallest absolute Gasteiger partial charge is 2.00 e. The number of fused-ring (bicyclic) bond motifs is 2. The van der Waals surface area contributed by atoms with Crippen molar-refractivity contribution in [1.29, 1.82) is 0 Å². The van der Waals surface area contributed by atoms with Gasteiger partial charge in [0, 0.05) is 0 Å². The van der Waals surface area contributed by atoms with Crippen LogP contribution in [0.5, 0.6) is 0 Å². The van der Waals surface area contributed by atoms with Crippen LogP contribution in [0.3, 0.4) is 0 Å². The molecule has 0 aromatic heterocycles. The van der Waals surface area contributed by atoms with Gasteiger partial charge in [-0.1, -0.05) is 72.8 Å². The van der Waals surface area contributed by atoms with Crippen molar-refractivity contribution in [2.24, 2.45) is 0 Å². The van der Waals surface area contributed by atoms with Crippen LogP contribution in [0.4, 0.5) is 0 Å². The second kappa shape index (κ2) is 8.63. The first kappa shape index (κ1) is 23.3. The van der Waals surface area contributed by atoms with E-state index in [2.05, 4.69) is 72.8 Å². The molecule has 0 heterocycles. The van der Waals surface area contributed by atoms with Gasteiger partial charge in [-0.3, -0.25) is 0 Å². The van der Waals surface area contributed by atoms with Crippen LogP contribution >= 0.6 is 0 Å². The summed E-state index contributed by atoms with van der Waals surface area (Å²) in [6.07, 6.45) is 0. The topological polar surface area (TPSA) is 85.5 Å². The maximum atomic E-state index is 2.25. The van der Waals surface area contributed by atoms with Crippen molar-refractivity contribution in [3.63, 3.8) is 0 Å². The maximum Gasteiger partial charge on any atom is 3.00 e. The minimum atomic E-state index is 0. The van der Waals surface area contributed by atoms with Gasteiger partial charge in [0.2, 0.25) is 0 Å². The van der Waals surface area contributed by atoms with Gasteiger partial charge in [0.1, 0.15) is 0 Å². The molecule has 5 aromatic carbocycles. The number of hydrogen-bond donors (Lipinski definition) is 0. The first-order valence-corrected chi connectivity index (χ1v) is 6.98. The van der Waals surface area contributed by atoms with Gasteiger partial charge in [-0.15, -0.1) is 0 Å². The zero-order valence-electron chi connectivity index (χ0n) is 13.3. The van der Waals surface area contributed by atoms with Crippen LogP contribution in [0.25, 0.3) is 43.1 Å². The summed E-state index contributed by atoms with van der Waals surface area (Å²) in [7, 11) is 0. The number of benzene rings is 5. The van der Waals surface area contributed by atoms with E-state index >= 15 is 0 Å². The summed E-state index contributed by atoms with van der Waals surface area (Å²) in [4.78, 5) is 0. The van der Waals surface area contributed by atoms with E-state index in [4.69, 9.17) is 0 Å². The first-order chi connectivity index (χ1) is 9.93. The van der Waals surface area contributed by atoms with Crippen molar-refractivity contribution in [3.8, 4) is 0 Å². The summed E-state index contributed by atoms with van der Waals surface area (Å²) < 4.78 is 0. The van der Waals surface area contributed by atoms with Crippen molar-refractivity contribution < 1.29 is 16.4 Å². The Kier molecular flexibility index (Phi) is 8.06. The summed E-state index contributed by atoms with van der Waals surface area (Å²) in [5.74, 6) is 0. The van der Waals surface area contributed by atoms with Crippen LogP contribution < -0.4 is 0 Å². The van der Waals surface area contributed by atoms with Gasteiger partial charge in [0.25, 0.3) is 0 Å². The molecule has 0 saturated heterocycles. The van der Waals surface area contributed by atoms with Crippen LogP contribution in [0.1, 0.15) is 0 Å². The molecular weight excluding hydrogens is 342 g/mol. The van der Waals surface area contributed by atoms with Gasteiger partial charge >= 0.3 is 34.7 Å². The van der Waals surface area contributed by atoms with E-state index in [9.17, 15) is 0 Å². The maximum absolute atomic E-state index is 2.25. The molecule has 0 fully saturated rings. The van der Waals surface area contributed by atoms with Gasteiger partial charge in [-0.25, -0.2) is 0 Å². The molecule has 0 amide bonds. The third-order valence-electron chi connectivity index (χ3n) is 4.39. The Morgan fingerprint density at radius 1 is 0.360 bits per heavy atom. The fourth-order valence-corrected chi connectivity index (χ4v) is 3.58. The zero-order chi connectivity index (χ0) is 13.1. The Hall–Kier alpha value is -1.66. The molecule has 0 spiro atoms. The Balaban J connectivity index is 0.00000115. The Bertz CT molecular complexity index is 940. The molecule has 5 aromatic rings. The number of rotatable bonds is 0. The van der Waals surface area contributed by atoms with E-state index in [1.165, 1.54) is 43.1 Å². The average Bonchev–Trinajstić information content (AvgIpc) is 2.52.